The van der Waals surface area contributed by atoms with Crippen LogP contribution in [0.5, 0.6) is 11.5 Å². The number of benzene rings is 3. The second kappa shape index (κ2) is 14.5. The van der Waals surface area contributed by atoms with Gasteiger partial charge in [-0.3, -0.25) is 14.4 Å². The summed E-state index contributed by atoms with van der Waals surface area (Å²) >= 11 is 2.59. The fourth-order valence-corrected chi connectivity index (χ4v) is 7.55. The predicted molar refractivity (Wildman–Crippen MR) is 178 cm³/mol. The number of thiophene rings is 1. The first-order valence-corrected chi connectivity index (χ1v) is 16.1. The maximum Gasteiger partial charge on any atom is 0.341 e. The van der Waals surface area contributed by atoms with Crippen molar-refractivity contribution in [2.45, 2.75) is 30.0 Å². The van der Waals surface area contributed by atoms with Crippen LogP contribution in [0.15, 0.2) is 77.7 Å². The van der Waals surface area contributed by atoms with Crippen LogP contribution in [0.3, 0.4) is 0 Å². The third kappa shape index (κ3) is 7.03. The molecule has 3 aromatic carbocycles. The van der Waals surface area contributed by atoms with Crippen molar-refractivity contribution in [2.24, 2.45) is 0 Å². The lowest BCUT2D eigenvalue weighted by atomic mass is 10.0. The number of carbonyl (C=O) groups is 4. The molecule has 0 bridgehead atoms. The highest BCUT2D eigenvalue weighted by Gasteiger charge is 2.32. The molecule has 5 rings (SSSR count). The largest absolute Gasteiger partial charge is 0.496 e. The summed E-state index contributed by atoms with van der Waals surface area (Å²) in [5.74, 6) is -0.586. The number of hydrogen-bond donors (Lipinski definition) is 2. The standard InChI is InChI=1S/C34H33N3O7S2/c1-20(38)37-17-16-24-27(19-37)46-33(28(24)34(41)44-4)36-32(40)30(21-10-6-5-7-11-21)45-23-13-8-12-22(18-23)35-31(39)29-25(42-2)14-9-15-26(29)43-3/h5-15,18,30H,16-17,19H2,1-4H3,(H,35,39)(H,36,40). The molecule has 12 heteroatoms. The van der Waals surface area contributed by atoms with Crippen LogP contribution >= 0.6 is 23.1 Å². The van der Waals surface area contributed by atoms with Crippen LogP contribution in [0.4, 0.5) is 10.7 Å². The van der Waals surface area contributed by atoms with Crippen molar-refractivity contribution in [1.82, 2.24) is 4.90 Å². The normalized spacial score (nSPS) is 12.8. The lowest BCUT2D eigenvalue weighted by Crippen LogP contribution is -2.33. The lowest BCUT2D eigenvalue weighted by molar-refractivity contribution is -0.129. The summed E-state index contributed by atoms with van der Waals surface area (Å²) in [5.41, 5.74) is 2.65. The van der Waals surface area contributed by atoms with Crippen LogP contribution in [0.1, 0.15) is 48.9 Å². The first-order chi connectivity index (χ1) is 22.2. The van der Waals surface area contributed by atoms with Gasteiger partial charge < -0.3 is 29.7 Å². The van der Waals surface area contributed by atoms with Gasteiger partial charge in [0.25, 0.3) is 5.91 Å². The smallest absolute Gasteiger partial charge is 0.341 e. The van der Waals surface area contributed by atoms with Crippen molar-refractivity contribution in [3.05, 3.63) is 99.9 Å². The summed E-state index contributed by atoms with van der Waals surface area (Å²) in [6.07, 6.45) is 0.488. The van der Waals surface area contributed by atoms with Crippen molar-refractivity contribution < 1.29 is 33.4 Å². The Kier molecular flexibility index (Phi) is 10.3. The van der Waals surface area contributed by atoms with Gasteiger partial charge in [-0.05, 0) is 47.9 Å². The lowest BCUT2D eigenvalue weighted by Gasteiger charge is -2.25. The van der Waals surface area contributed by atoms with E-state index in [1.807, 2.05) is 36.4 Å². The van der Waals surface area contributed by atoms with Crippen LogP contribution in [-0.4, -0.2) is 56.5 Å². The van der Waals surface area contributed by atoms with E-state index in [4.69, 9.17) is 14.2 Å². The molecule has 1 aliphatic heterocycles. The van der Waals surface area contributed by atoms with Gasteiger partial charge in [-0.1, -0.05) is 42.5 Å². The Balaban J connectivity index is 1.42. The van der Waals surface area contributed by atoms with E-state index in [0.29, 0.717) is 47.3 Å². The van der Waals surface area contributed by atoms with Crippen molar-refractivity contribution in [3.8, 4) is 11.5 Å². The van der Waals surface area contributed by atoms with Gasteiger partial charge in [-0.15, -0.1) is 23.1 Å². The maximum atomic E-state index is 14.0. The molecule has 2 N–H and O–H groups in total. The van der Waals surface area contributed by atoms with Gasteiger partial charge in [-0.2, -0.15) is 0 Å². The minimum absolute atomic E-state index is 0.0507. The summed E-state index contributed by atoms with van der Waals surface area (Å²) in [4.78, 5) is 55.5. The van der Waals surface area contributed by atoms with E-state index < -0.39 is 17.1 Å². The third-order valence-electron chi connectivity index (χ3n) is 7.47. The zero-order valence-corrected chi connectivity index (χ0v) is 27.4. The second-order valence-corrected chi connectivity index (χ2v) is 12.6. The van der Waals surface area contributed by atoms with Crippen LogP contribution in [0.2, 0.25) is 0 Å². The SMILES string of the molecule is COC(=O)c1c(NC(=O)C(Sc2cccc(NC(=O)c3c(OC)cccc3OC)c2)c2ccccc2)sc2c1CCN(C(C)=O)C2. The highest BCUT2D eigenvalue weighted by atomic mass is 32.2. The number of methoxy groups -OCH3 is 3. The first kappa shape index (κ1) is 32.6. The molecule has 0 fully saturated rings. The predicted octanol–water partition coefficient (Wildman–Crippen LogP) is 6.18. The van der Waals surface area contributed by atoms with E-state index in [-0.39, 0.29) is 17.4 Å². The molecule has 0 spiro atoms. The van der Waals surface area contributed by atoms with Gasteiger partial charge >= 0.3 is 5.97 Å². The summed E-state index contributed by atoms with van der Waals surface area (Å²) in [5, 5.41) is 5.58. The van der Waals surface area contributed by atoms with E-state index in [1.54, 1.807) is 41.3 Å². The zero-order chi connectivity index (χ0) is 32.8. The average molecular weight is 660 g/mol. The van der Waals surface area contributed by atoms with Crippen molar-refractivity contribution in [1.29, 1.82) is 0 Å². The number of hydrogen-bond acceptors (Lipinski definition) is 9. The molecule has 1 unspecified atom stereocenters. The molecule has 10 nitrogen and oxygen atoms in total. The van der Waals surface area contributed by atoms with E-state index in [1.165, 1.54) is 51.4 Å². The number of thioether (sulfide) groups is 1. The van der Waals surface area contributed by atoms with Crippen molar-refractivity contribution in [2.75, 3.05) is 38.5 Å². The molecule has 0 radical (unpaired) electrons. The fourth-order valence-electron chi connectivity index (χ4n) is 5.21. The number of fused-ring (bicyclic) bond motifs is 1. The van der Waals surface area contributed by atoms with Gasteiger partial charge in [0.15, 0.2) is 0 Å². The van der Waals surface area contributed by atoms with Crippen LogP contribution < -0.4 is 20.1 Å². The Morgan fingerprint density at radius 3 is 2.22 bits per heavy atom. The molecule has 0 saturated carbocycles. The molecule has 4 aromatic rings. The third-order valence-corrected chi connectivity index (χ3v) is 9.85. The van der Waals surface area contributed by atoms with Crippen LogP contribution in [0, 0.1) is 0 Å². The number of ether oxygens (including phenoxy) is 3. The van der Waals surface area contributed by atoms with E-state index in [9.17, 15) is 19.2 Å². The number of esters is 1. The fraction of sp³-hybridized carbons (Fsp3) is 0.235. The minimum Gasteiger partial charge on any atom is -0.496 e. The molecule has 46 heavy (non-hydrogen) atoms. The van der Waals surface area contributed by atoms with Crippen molar-refractivity contribution in [3.63, 3.8) is 0 Å². The van der Waals surface area contributed by atoms with Gasteiger partial charge in [-0.25, -0.2) is 4.79 Å². The monoisotopic (exact) mass is 659 g/mol. The van der Waals surface area contributed by atoms with Gasteiger partial charge in [0.1, 0.15) is 27.3 Å². The molecule has 1 aliphatic rings. The molecule has 0 aliphatic carbocycles. The topological polar surface area (TPSA) is 123 Å². The Morgan fingerprint density at radius 2 is 1.57 bits per heavy atom. The van der Waals surface area contributed by atoms with Crippen LogP contribution in [0.25, 0.3) is 0 Å². The van der Waals surface area contributed by atoms with Crippen molar-refractivity contribution >= 4 is 57.5 Å². The maximum absolute atomic E-state index is 14.0. The number of nitrogens with one attached hydrogen (secondary N) is 2. The van der Waals surface area contributed by atoms with E-state index in [0.717, 1.165) is 20.9 Å². The minimum atomic E-state index is -0.709. The van der Waals surface area contributed by atoms with E-state index in [2.05, 4.69) is 10.6 Å². The average Bonchev–Trinajstić information content (AvgIpc) is 3.43. The molecular weight excluding hydrogens is 627 g/mol. The molecule has 3 amide bonds. The van der Waals surface area contributed by atoms with E-state index >= 15 is 0 Å². The molecule has 238 valence electrons. The summed E-state index contributed by atoms with van der Waals surface area (Å²) < 4.78 is 15.9. The Bertz CT molecular complexity index is 1750. The Morgan fingerprint density at radius 1 is 0.870 bits per heavy atom. The number of rotatable bonds is 10. The second-order valence-electron chi connectivity index (χ2n) is 10.3. The quantitative estimate of drug-likeness (QED) is 0.153. The van der Waals surface area contributed by atoms with Crippen LogP contribution in [-0.2, 0) is 27.3 Å². The Hall–Kier alpha value is -4.81. The molecular formula is C34H33N3O7S2. The molecule has 0 saturated heterocycles. The highest BCUT2D eigenvalue weighted by Crippen LogP contribution is 2.41. The number of nitrogens with zero attached hydrogens (tertiary/aromatic N) is 1. The number of amides is 3. The summed E-state index contributed by atoms with van der Waals surface area (Å²) in [7, 11) is 4.27. The summed E-state index contributed by atoms with van der Waals surface area (Å²) in [6.45, 7) is 2.36. The van der Waals surface area contributed by atoms with Gasteiger partial charge in [0.2, 0.25) is 11.8 Å². The molecule has 2 heterocycles. The number of carbonyl (C=O) groups excluding carboxylic acids is 4. The van der Waals surface area contributed by atoms with Gasteiger partial charge in [0, 0.05) is 28.9 Å². The van der Waals surface area contributed by atoms with Gasteiger partial charge in [0.05, 0.1) is 33.4 Å². The molecule has 1 atom stereocenters. The Labute approximate surface area is 275 Å². The summed E-state index contributed by atoms with van der Waals surface area (Å²) in [6, 6.07) is 21.6. The number of anilines is 2. The first-order valence-electron chi connectivity index (χ1n) is 14.4. The zero-order valence-electron chi connectivity index (χ0n) is 25.7. The molecule has 1 aromatic heterocycles. The highest BCUT2D eigenvalue weighted by molar-refractivity contribution is 8.00.